The van der Waals surface area contributed by atoms with Crippen molar-refractivity contribution in [3.63, 3.8) is 0 Å². The molecule has 0 aliphatic heterocycles. The molecule has 2 nitrogen and oxygen atoms in total. The Labute approximate surface area is 120 Å². The number of nitrogens with two attached hydrogens (primary N) is 1. The van der Waals surface area contributed by atoms with Crippen LogP contribution < -0.4 is 5.73 Å². The minimum atomic E-state index is -0.857. The zero-order valence-corrected chi connectivity index (χ0v) is 12.9. The molecule has 0 aliphatic rings. The lowest BCUT2D eigenvalue weighted by Gasteiger charge is -2.03. The van der Waals surface area contributed by atoms with Gasteiger partial charge in [-0.2, -0.15) is 0 Å². The molecule has 0 aliphatic carbocycles. The maximum atomic E-state index is 12.0. The van der Waals surface area contributed by atoms with Crippen molar-refractivity contribution in [2.45, 2.75) is 63.2 Å². The maximum absolute atomic E-state index is 12.0. The monoisotopic (exact) mass is 281 g/mol. The predicted octanol–water partition coefficient (Wildman–Crippen LogP) is 4.52. The Hall–Kier alpha value is -0.830. The summed E-state index contributed by atoms with van der Waals surface area (Å²) in [5.74, 6) is 0.777. The highest BCUT2D eigenvalue weighted by Crippen LogP contribution is 2.13. The summed E-state index contributed by atoms with van der Waals surface area (Å²) < 4.78 is 12.0. The molecule has 0 radical (unpaired) electrons. The first-order valence-electron chi connectivity index (χ1n) is 7.48. The van der Waals surface area contributed by atoms with Crippen molar-refractivity contribution in [1.29, 1.82) is 0 Å². The van der Waals surface area contributed by atoms with E-state index in [1.54, 1.807) is 0 Å². The topological polar surface area (TPSA) is 43.1 Å². The zero-order valence-electron chi connectivity index (χ0n) is 12.1. The third kappa shape index (κ3) is 7.36. The van der Waals surface area contributed by atoms with Gasteiger partial charge in [0.15, 0.2) is 0 Å². The molecule has 1 atom stereocenters. The summed E-state index contributed by atoms with van der Waals surface area (Å²) in [6.07, 6.45) is 10.3. The van der Waals surface area contributed by atoms with Gasteiger partial charge >= 0.3 is 0 Å². The fraction of sp³-hybridized carbons (Fsp3) is 0.625. The second-order valence-electron chi connectivity index (χ2n) is 5.09. The van der Waals surface area contributed by atoms with Crippen LogP contribution in [0.3, 0.4) is 0 Å². The zero-order chi connectivity index (χ0) is 13.9. The summed E-state index contributed by atoms with van der Waals surface area (Å²) in [5, 5.41) is 0. The Bertz CT molecular complexity index is 362. The second-order valence-corrected chi connectivity index (χ2v) is 6.66. The molecule has 0 heterocycles. The minimum absolute atomic E-state index is 0.729. The third-order valence-corrected chi connectivity index (χ3v) is 4.78. The number of nitrogen functional groups attached to an aromatic ring is 1. The summed E-state index contributed by atoms with van der Waals surface area (Å²) in [5.41, 5.74) is 6.35. The summed E-state index contributed by atoms with van der Waals surface area (Å²) in [6.45, 7) is 2.24. The van der Waals surface area contributed by atoms with Crippen LogP contribution in [0.5, 0.6) is 0 Å². The number of hydrogen-bond acceptors (Lipinski definition) is 2. The molecule has 1 aromatic carbocycles. The number of benzene rings is 1. The first-order valence-corrected chi connectivity index (χ1v) is 8.80. The maximum Gasteiger partial charge on any atom is 0.0529 e. The second kappa shape index (κ2) is 10.0. The van der Waals surface area contributed by atoms with E-state index in [1.165, 1.54) is 44.9 Å². The molecule has 0 spiro atoms. The van der Waals surface area contributed by atoms with E-state index >= 15 is 0 Å². The van der Waals surface area contributed by atoms with Crippen molar-refractivity contribution in [3.8, 4) is 0 Å². The molecule has 0 aromatic heterocycles. The molecule has 0 saturated heterocycles. The van der Waals surface area contributed by atoms with Crippen molar-refractivity contribution in [2.75, 3.05) is 11.5 Å². The predicted molar refractivity (Wildman–Crippen MR) is 84.7 cm³/mol. The van der Waals surface area contributed by atoms with E-state index in [4.69, 9.17) is 5.73 Å². The number of unbranched alkanes of at least 4 members (excludes halogenated alkanes) is 7. The molecule has 1 rings (SSSR count). The van der Waals surface area contributed by atoms with E-state index in [1.807, 2.05) is 24.3 Å². The van der Waals surface area contributed by atoms with Crippen molar-refractivity contribution < 1.29 is 4.21 Å². The molecule has 1 unspecified atom stereocenters. The lowest BCUT2D eigenvalue weighted by atomic mass is 10.1. The lowest BCUT2D eigenvalue weighted by molar-refractivity contribution is 0.584. The van der Waals surface area contributed by atoms with Gasteiger partial charge in [0.2, 0.25) is 0 Å². The van der Waals surface area contributed by atoms with Gasteiger partial charge in [-0.1, -0.05) is 51.9 Å². The van der Waals surface area contributed by atoms with E-state index in [0.717, 1.165) is 22.8 Å². The summed E-state index contributed by atoms with van der Waals surface area (Å²) in [6, 6.07) is 7.38. The standard InChI is InChI=1S/C16H27NOS/c1-2-3-4-5-6-7-8-9-14-19(18)16-12-10-15(17)11-13-16/h10-13H,2-9,14,17H2,1H3. The minimum Gasteiger partial charge on any atom is -0.399 e. The molecular formula is C16H27NOS. The molecule has 1 aromatic rings. The van der Waals surface area contributed by atoms with E-state index in [-0.39, 0.29) is 0 Å². The van der Waals surface area contributed by atoms with Gasteiger partial charge in [0, 0.05) is 16.3 Å². The van der Waals surface area contributed by atoms with Crippen LogP contribution in [-0.2, 0) is 10.8 Å². The Balaban J connectivity index is 2.06. The molecule has 0 saturated carbocycles. The van der Waals surface area contributed by atoms with Crippen LogP contribution in [0.2, 0.25) is 0 Å². The summed E-state index contributed by atoms with van der Waals surface area (Å²) in [7, 11) is -0.857. The van der Waals surface area contributed by atoms with Crippen molar-refractivity contribution >= 4 is 16.5 Å². The van der Waals surface area contributed by atoms with Crippen LogP contribution in [-0.4, -0.2) is 9.96 Å². The lowest BCUT2D eigenvalue weighted by Crippen LogP contribution is -1.98. The van der Waals surface area contributed by atoms with E-state index < -0.39 is 10.8 Å². The van der Waals surface area contributed by atoms with Gasteiger partial charge in [0.05, 0.1) is 10.8 Å². The van der Waals surface area contributed by atoms with E-state index in [9.17, 15) is 4.21 Å². The Morgan fingerprint density at radius 1 is 0.895 bits per heavy atom. The molecule has 0 amide bonds. The van der Waals surface area contributed by atoms with Crippen LogP contribution in [0.25, 0.3) is 0 Å². The summed E-state index contributed by atoms with van der Waals surface area (Å²) in [4.78, 5) is 0.900. The number of anilines is 1. The Kier molecular flexibility index (Phi) is 8.55. The van der Waals surface area contributed by atoms with Gasteiger partial charge in [-0.25, -0.2) is 0 Å². The fourth-order valence-electron chi connectivity index (χ4n) is 2.10. The average Bonchev–Trinajstić information content (AvgIpc) is 2.42. The van der Waals surface area contributed by atoms with Crippen LogP contribution in [0, 0.1) is 0 Å². The molecule has 0 fully saturated rings. The van der Waals surface area contributed by atoms with Crippen molar-refractivity contribution in [2.24, 2.45) is 0 Å². The largest absolute Gasteiger partial charge is 0.399 e. The van der Waals surface area contributed by atoms with Gasteiger partial charge in [-0.05, 0) is 30.7 Å². The first-order chi connectivity index (χ1) is 9.24. The third-order valence-electron chi connectivity index (χ3n) is 3.33. The van der Waals surface area contributed by atoms with Gasteiger partial charge in [0.1, 0.15) is 0 Å². The van der Waals surface area contributed by atoms with Crippen LogP contribution >= 0.6 is 0 Å². The number of rotatable bonds is 10. The van der Waals surface area contributed by atoms with Gasteiger partial charge < -0.3 is 5.73 Å². The smallest absolute Gasteiger partial charge is 0.0529 e. The normalized spacial score (nSPS) is 12.5. The SMILES string of the molecule is CCCCCCCCCCS(=O)c1ccc(N)cc1. The molecule has 3 heteroatoms. The average molecular weight is 281 g/mol. The van der Waals surface area contributed by atoms with Crippen LogP contribution in [0.1, 0.15) is 58.3 Å². The quantitative estimate of drug-likeness (QED) is 0.506. The van der Waals surface area contributed by atoms with Crippen LogP contribution in [0.4, 0.5) is 5.69 Å². The molecule has 19 heavy (non-hydrogen) atoms. The Morgan fingerprint density at radius 3 is 2.00 bits per heavy atom. The van der Waals surface area contributed by atoms with Gasteiger partial charge in [0.25, 0.3) is 0 Å². The van der Waals surface area contributed by atoms with Gasteiger partial charge in [-0.15, -0.1) is 0 Å². The highest BCUT2D eigenvalue weighted by atomic mass is 32.2. The fourth-order valence-corrected chi connectivity index (χ4v) is 3.25. The Morgan fingerprint density at radius 2 is 1.42 bits per heavy atom. The van der Waals surface area contributed by atoms with Crippen molar-refractivity contribution in [1.82, 2.24) is 0 Å². The number of hydrogen-bond donors (Lipinski definition) is 1. The van der Waals surface area contributed by atoms with Gasteiger partial charge in [-0.3, -0.25) is 4.21 Å². The molecule has 2 N–H and O–H groups in total. The van der Waals surface area contributed by atoms with Crippen LogP contribution in [0.15, 0.2) is 29.2 Å². The molecule has 0 bridgehead atoms. The first kappa shape index (κ1) is 16.2. The van der Waals surface area contributed by atoms with E-state index in [2.05, 4.69) is 6.92 Å². The highest BCUT2D eigenvalue weighted by molar-refractivity contribution is 7.85. The van der Waals surface area contributed by atoms with Crippen molar-refractivity contribution in [3.05, 3.63) is 24.3 Å². The highest BCUT2D eigenvalue weighted by Gasteiger charge is 2.03. The summed E-state index contributed by atoms with van der Waals surface area (Å²) >= 11 is 0. The molecular weight excluding hydrogens is 254 g/mol. The van der Waals surface area contributed by atoms with E-state index in [0.29, 0.717) is 0 Å². The molecule has 108 valence electrons.